The second-order valence-electron chi connectivity index (χ2n) is 11.7. The number of methoxy groups -OCH3 is 2. The van der Waals surface area contributed by atoms with Gasteiger partial charge >= 0.3 is 47.8 Å². The van der Waals surface area contributed by atoms with Crippen molar-refractivity contribution in [2.75, 3.05) is 53.9 Å². The Morgan fingerprint density at radius 1 is 0.359 bits per heavy atom. The highest BCUT2D eigenvalue weighted by molar-refractivity contribution is 5.88. The van der Waals surface area contributed by atoms with Crippen molar-refractivity contribution in [2.45, 2.75) is 108 Å². The minimum absolute atomic E-state index is 0.284. The Labute approximate surface area is 384 Å². The third kappa shape index (κ3) is 79.8. The summed E-state index contributed by atoms with van der Waals surface area (Å²) in [5.74, 6) is -2.66. The maximum Gasteiger partial charge on any atom is 0.333 e. The first-order chi connectivity index (χ1) is 30.0. The number of unbranched alkanes of at least 4 members (excludes halogenated alkanes) is 2. The van der Waals surface area contributed by atoms with Crippen LogP contribution in [-0.4, -0.2) is 102 Å². The zero-order valence-corrected chi connectivity index (χ0v) is 41.0. The number of hydrogen-bond acceptors (Lipinski definition) is 16. The summed E-state index contributed by atoms with van der Waals surface area (Å²) in [4.78, 5) is 82.4. The van der Waals surface area contributed by atoms with Crippen molar-refractivity contribution < 1.29 is 76.3 Å². The van der Waals surface area contributed by atoms with Crippen molar-refractivity contribution in [3.05, 3.63) is 99.2 Å². The Hall–Kier alpha value is -6.32. The average Bonchev–Trinajstić information content (AvgIpc) is 3.28. The molecule has 0 aliphatic rings. The van der Waals surface area contributed by atoms with Gasteiger partial charge in [-0.2, -0.15) is 0 Å². The van der Waals surface area contributed by atoms with Crippen molar-refractivity contribution in [3.8, 4) is 0 Å². The molecule has 0 aliphatic carbocycles. The van der Waals surface area contributed by atoms with Gasteiger partial charge in [-0.15, -0.1) is 0 Å². The van der Waals surface area contributed by atoms with Gasteiger partial charge in [0.2, 0.25) is 0 Å². The van der Waals surface area contributed by atoms with Crippen LogP contribution in [0.2, 0.25) is 0 Å². The Bertz CT molecular complexity index is 1380. The van der Waals surface area contributed by atoms with Gasteiger partial charge in [0, 0.05) is 46.6 Å². The molecule has 0 saturated heterocycles. The third-order valence-electron chi connectivity index (χ3n) is 5.37. The fourth-order valence-electron chi connectivity index (χ4n) is 2.10. The zero-order valence-electron chi connectivity index (χ0n) is 41.0. The van der Waals surface area contributed by atoms with E-state index in [2.05, 4.69) is 88.0 Å². The molecule has 0 aromatic carbocycles. The van der Waals surface area contributed by atoms with Crippen LogP contribution in [0.3, 0.4) is 0 Å². The standard InChI is InChI=1S/C8H14O2.2C7H12O2.2C6H10O2.2C5H8O2.C4H6O2/c1-4-5-6-10-8(9)7(2)3;1-4-5-9-7(8)6(2)3;1-3-5-6-9-7(8)4-2;1-4-8-6(7)5(2)3;1-3-5-8-6(7)4-2;1-4(2)5(6)7-3;1-3-5(6)7-4-2;1-3-4(5)6-2/h2,4-6H2,1,3H3;2,4-5H2,1,3H3;4H,2-3,5-6H2,1H3;2,4H2,1,3H3;4H,2-3,5H2,1H3;1H2,2-3H3;3H,1,4H2,2H3;3H,1H2,2H3. The molecular weight excluding hydrogens is 833 g/mol. The van der Waals surface area contributed by atoms with Crippen LogP contribution in [0.5, 0.6) is 0 Å². The van der Waals surface area contributed by atoms with E-state index in [1.165, 1.54) is 20.3 Å². The second kappa shape index (κ2) is 61.0. The minimum Gasteiger partial charge on any atom is -0.466 e. The molecule has 0 radical (unpaired) electrons. The van der Waals surface area contributed by atoms with Crippen molar-refractivity contribution in [2.24, 2.45) is 0 Å². The summed E-state index contributed by atoms with van der Waals surface area (Å²) >= 11 is 0. The van der Waals surface area contributed by atoms with E-state index in [4.69, 9.17) is 9.47 Å². The first-order valence-electron chi connectivity index (χ1n) is 20.3. The maximum absolute atomic E-state index is 10.7. The van der Waals surface area contributed by atoms with Gasteiger partial charge in [0.25, 0.3) is 0 Å². The van der Waals surface area contributed by atoms with Crippen LogP contribution < -0.4 is 0 Å². The molecule has 0 saturated carbocycles. The molecule has 0 N–H and O–H groups in total. The smallest absolute Gasteiger partial charge is 0.333 e. The van der Waals surface area contributed by atoms with Gasteiger partial charge in [-0.05, 0) is 67.2 Å². The Kier molecular flexibility index (Phi) is 71.5. The van der Waals surface area contributed by atoms with Gasteiger partial charge in [0.1, 0.15) is 0 Å². The van der Waals surface area contributed by atoms with Crippen molar-refractivity contribution in [1.82, 2.24) is 0 Å². The van der Waals surface area contributed by atoms with Crippen LogP contribution in [-0.2, 0) is 76.3 Å². The lowest BCUT2D eigenvalue weighted by atomic mass is 10.3. The molecular formula is C48H80O16. The lowest BCUT2D eigenvalue weighted by molar-refractivity contribution is -0.139. The van der Waals surface area contributed by atoms with E-state index in [9.17, 15) is 38.4 Å². The largest absolute Gasteiger partial charge is 0.466 e. The normalized spacial score (nSPS) is 8.19. The van der Waals surface area contributed by atoms with E-state index < -0.39 is 5.97 Å². The molecule has 0 aromatic rings. The van der Waals surface area contributed by atoms with Crippen LogP contribution in [0, 0.1) is 0 Å². The second-order valence-corrected chi connectivity index (χ2v) is 11.7. The van der Waals surface area contributed by atoms with E-state index in [1.54, 1.807) is 41.5 Å². The minimum atomic E-state index is -0.394. The summed E-state index contributed by atoms with van der Waals surface area (Å²) in [7, 11) is 2.64. The SMILES string of the molecule is C=C(C)C(=O)OC.C=C(C)C(=O)OCC.C=C(C)C(=O)OCCC.C=C(C)C(=O)OCCCC.C=CC(=O)OC.C=CC(=O)OCC.C=CC(=O)OCCC.C=CC(=O)OCCCC. The summed E-state index contributed by atoms with van der Waals surface area (Å²) in [6.07, 6.45) is 10.3. The molecule has 0 fully saturated rings. The Morgan fingerprint density at radius 3 is 0.844 bits per heavy atom. The lowest BCUT2D eigenvalue weighted by Crippen LogP contribution is -2.05. The first kappa shape index (κ1) is 75.1. The molecule has 0 aromatic heterocycles. The highest BCUT2D eigenvalue weighted by Crippen LogP contribution is 1.95. The fraction of sp³-hybridized carbons (Fsp3) is 0.500. The number of esters is 8. The van der Waals surface area contributed by atoms with Gasteiger partial charge in [-0.1, -0.05) is 93.2 Å². The average molecular weight is 913 g/mol. The number of ether oxygens (including phenoxy) is 8. The summed E-state index contributed by atoms with van der Waals surface area (Å²) in [6.45, 7) is 47.4. The van der Waals surface area contributed by atoms with Crippen LogP contribution in [0.15, 0.2) is 99.2 Å². The van der Waals surface area contributed by atoms with Gasteiger partial charge in [-0.3, -0.25) is 0 Å². The van der Waals surface area contributed by atoms with E-state index in [0.717, 1.165) is 56.8 Å². The van der Waals surface area contributed by atoms with Crippen LogP contribution in [0.4, 0.5) is 0 Å². The molecule has 0 unspecified atom stereocenters. The summed E-state index contributed by atoms with van der Waals surface area (Å²) in [5, 5.41) is 0. The number of hydrogen-bond donors (Lipinski definition) is 0. The predicted octanol–water partition coefficient (Wildman–Crippen LogP) is 9.00. The highest BCUT2D eigenvalue weighted by atomic mass is 16.6. The molecule has 0 heterocycles. The molecule has 0 atom stereocenters. The molecule has 16 nitrogen and oxygen atoms in total. The molecule has 0 bridgehead atoms. The summed E-state index contributed by atoms with van der Waals surface area (Å²) in [5.41, 5.74) is 1.81. The van der Waals surface area contributed by atoms with E-state index in [0.29, 0.717) is 61.9 Å². The molecule has 64 heavy (non-hydrogen) atoms. The molecule has 368 valence electrons. The molecule has 16 heteroatoms. The van der Waals surface area contributed by atoms with Gasteiger partial charge in [0.05, 0.1) is 53.9 Å². The predicted molar refractivity (Wildman–Crippen MR) is 252 cm³/mol. The van der Waals surface area contributed by atoms with E-state index in [-0.39, 0.29) is 41.8 Å². The molecule has 0 rings (SSSR count). The number of carbonyl (C=O) groups is 8. The highest BCUT2D eigenvalue weighted by Gasteiger charge is 2.01. The molecule has 0 spiro atoms. The van der Waals surface area contributed by atoms with Gasteiger partial charge in [-0.25, -0.2) is 38.4 Å². The van der Waals surface area contributed by atoms with Crippen LogP contribution >= 0.6 is 0 Å². The van der Waals surface area contributed by atoms with Gasteiger partial charge < -0.3 is 37.9 Å². The third-order valence-corrected chi connectivity index (χ3v) is 5.37. The molecule has 0 aliphatic heterocycles. The van der Waals surface area contributed by atoms with Gasteiger partial charge in [0.15, 0.2) is 0 Å². The topological polar surface area (TPSA) is 210 Å². The lowest BCUT2D eigenvalue weighted by Gasteiger charge is -2.01. The van der Waals surface area contributed by atoms with Crippen LogP contribution in [0.25, 0.3) is 0 Å². The number of rotatable bonds is 20. The quantitative estimate of drug-likeness (QED) is 0.0483. The summed E-state index contributed by atoms with van der Waals surface area (Å²) < 4.78 is 36.2. The zero-order chi connectivity index (χ0) is 51.9. The van der Waals surface area contributed by atoms with Crippen molar-refractivity contribution >= 4 is 47.8 Å². The van der Waals surface area contributed by atoms with Crippen LogP contribution in [0.1, 0.15) is 108 Å². The Morgan fingerprint density at radius 2 is 0.641 bits per heavy atom. The first-order valence-corrected chi connectivity index (χ1v) is 20.3. The summed E-state index contributed by atoms with van der Waals surface area (Å²) in [6, 6.07) is 0. The van der Waals surface area contributed by atoms with Crippen molar-refractivity contribution in [1.29, 1.82) is 0 Å². The maximum atomic E-state index is 10.7. The monoisotopic (exact) mass is 913 g/mol. The Balaban J connectivity index is -0.0000000937. The van der Waals surface area contributed by atoms with Crippen molar-refractivity contribution in [3.63, 3.8) is 0 Å². The van der Waals surface area contributed by atoms with E-state index >= 15 is 0 Å². The van der Waals surface area contributed by atoms with E-state index in [1.807, 2.05) is 20.8 Å². The number of carbonyl (C=O) groups excluding carboxylic acids is 8. The fourth-order valence-corrected chi connectivity index (χ4v) is 2.10. The molecule has 0 amide bonds.